The summed E-state index contributed by atoms with van der Waals surface area (Å²) in [5.74, 6) is 1.62. The molecule has 0 aromatic carbocycles. The number of H-pyrrole nitrogens is 2. The van der Waals surface area contributed by atoms with Crippen LogP contribution in [0.25, 0.3) is 22.7 Å². The summed E-state index contributed by atoms with van der Waals surface area (Å²) in [6.07, 6.45) is 3.49. The van der Waals surface area contributed by atoms with Crippen LogP contribution in [-0.2, 0) is 0 Å². The molecule has 0 aliphatic rings. The summed E-state index contributed by atoms with van der Waals surface area (Å²) in [4.78, 5) is 19.1. The second-order valence-electron chi connectivity index (χ2n) is 3.49. The maximum atomic E-state index is 4.44. The lowest BCUT2D eigenvalue weighted by Crippen LogP contribution is -1.80. The first-order valence-electron chi connectivity index (χ1n) is 4.75. The number of nitrogens with one attached hydrogen (secondary N) is 2. The monoisotopic (exact) mass is 277 g/mol. The fraction of sp³-hybridized carbons (Fsp3) is 0.100. The molecular formula is C10H8BrN5. The van der Waals surface area contributed by atoms with Crippen molar-refractivity contribution in [3.63, 3.8) is 0 Å². The molecule has 0 unspecified atom stereocenters. The van der Waals surface area contributed by atoms with Gasteiger partial charge in [0.25, 0.3) is 0 Å². The molecular weight excluding hydrogens is 270 g/mol. The minimum Gasteiger partial charge on any atom is -0.340 e. The Morgan fingerprint density at radius 3 is 2.81 bits per heavy atom. The number of rotatable bonds is 1. The molecule has 0 spiro atoms. The molecule has 5 nitrogen and oxygen atoms in total. The molecule has 0 atom stereocenters. The van der Waals surface area contributed by atoms with Crippen molar-refractivity contribution in [3.05, 3.63) is 28.8 Å². The molecule has 0 aliphatic carbocycles. The van der Waals surface area contributed by atoms with Crippen molar-refractivity contribution in [2.45, 2.75) is 6.92 Å². The first-order chi connectivity index (χ1) is 7.72. The van der Waals surface area contributed by atoms with Gasteiger partial charge in [-0.2, -0.15) is 0 Å². The second-order valence-corrected chi connectivity index (χ2v) is 4.40. The lowest BCUT2D eigenvalue weighted by Gasteiger charge is -1.87. The Kier molecular flexibility index (Phi) is 2.03. The van der Waals surface area contributed by atoms with Gasteiger partial charge in [-0.3, -0.25) is 0 Å². The topological polar surface area (TPSA) is 70.2 Å². The Balaban J connectivity index is 2.18. The highest BCUT2D eigenvalue weighted by molar-refractivity contribution is 9.10. The van der Waals surface area contributed by atoms with Crippen LogP contribution in [0.1, 0.15) is 5.82 Å². The lowest BCUT2D eigenvalue weighted by molar-refractivity contribution is 1.14. The maximum Gasteiger partial charge on any atom is 0.157 e. The number of aryl methyl sites for hydroxylation is 1. The van der Waals surface area contributed by atoms with E-state index in [4.69, 9.17) is 0 Å². The molecule has 16 heavy (non-hydrogen) atoms. The Labute approximate surface area is 99.5 Å². The first-order valence-corrected chi connectivity index (χ1v) is 5.55. The number of aromatic nitrogens is 5. The fourth-order valence-electron chi connectivity index (χ4n) is 1.54. The van der Waals surface area contributed by atoms with Crippen LogP contribution in [-0.4, -0.2) is 24.9 Å². The molecule has 3 aromatic rings. The molecule has 0 aliphatic heterocycles. The van der Waals surface area contributed by atoms with Crippen LogP contribution >= 0.6 is 15.9 Å². The molecule has 2 N–H and O–H groups in total. The van der Waals surface area contributed by atoms with Gasteiger partial charge in [0.2, 0.25) is 0 Å². The van der Waals surface area contributed by atoms with E-state index in [9.17, 15) is 0 Å². The van der Waals surface area contributed by atoms with Crippen LogP contribution in [0, 0.1) is 6.92 Å². The summed E-state index contributed by atoms with van der Waals surface area (Å²) >= 11 is 3.37. The molecule has 0 bridgehead atoms. The molecule has 0 fully saturated rings. The van der Waals surface area contributed by atoms with Crippen LogP contribution in [0.4, 0.5) is 0 Å². The molecule has 3 rings (SSSR count). The van der Waals surface area contributed by atoms with E-state index in [-0.39, 0.29) is 0 Å². The number of imidazole rings is 2. The van der Waals surface area contributed by atoms with Crippen LogP contribution in [0.2, 0.25) is 0 Å². The third-order valence-corrected chi connectivity index (χ3v) is 2.69. The predicted octanol–water partition coefficient (Wildman–Crippen LogP) is 2.42. The normalized spacial score (nSPS) is 11.1. The third-order valence-electron chi connectivity index (χ3n) is 2.26. The highest BCUT2D eigenvalue weighted by atomic mass is 79.9. The van der Waals surface area contributed by atoms with E-state index >= 15 is 0 Å². The minimum atomic E-state index is 0.751. The zero-order valence-electron chi connectivity index (χ0n) is 8.45. The van der Waals surface area contributed by atoms with E-state index in [0.717, 1.165) is 33.0 Å². The number of fused-ring (bicyclic) bond motifs is 1. The molecule has 3 heterocycles. The number of hydrogen-bond donors (Lipinski definition) is 2. The van der Waals surface area contributed by atoms with Crippen molar-refractivity contribution in [3.8, 4) is 11.5 Å². The summed E-state index contributed by atoms with van der Waals surface area (Å²) in [6, 6.07) is 1.92. The molecule has 80 valence electrons. The van der Waals surface area contributed by atoms with Gasteiger partial charge in [-0.05, 0) is 28.9 Å². The number of halogens is 1. The number of aromatic amines is 2. The van der Waals surface area contributed by atoms with E-state index in [1.54, 1.807) is 12.4 Å². The zero-order valence-corrected chi connectivity index (χ0v) is 10.0. The van der Waals surface area contributed by atoms with Gasteiger partial charge in [-0.15, -0.1) is 0 Å². The van der Waals surface area contributed by atoms with Crippen molar-refractivity contribution in [2.75, 3.05) is 0 Å². The average Bonchev–Trinajstić information content (AvgIpc) is 2.83. The Morgan fingerprint density at radius 2 is 2.06 bits per heavy atom. The van der Waals surface area contributed by atoms with Gasteiger partial charge < -0.3 is 9.97 Å². The SMILES string of the molecule is Cc1ncc(-c2nc3cc(Br)cnc3[nH]2)[nH]1. The lowest BCUT2D eigenvalue weighted by atomic mass is 10.4. The van der Waals surface area contributed by atoms with Gasteiger partial charge >= 0.3 is 0 Å². The van der Waals surface area contributed by atoms with Crippen molar-refractivity contribution in [2.24, 2.45) is 0 Å². The van der Waals surface area contributed by atoms with Gasteiger partial charge in [0.15, 0.2) is 11.5 Å². The smallest absolute Gasteiger partial charge is 0.157 e. The fourth-order valence-corrected chi connectivity index (χ4v) is 1.86. The molecule has 6 heteroatoms. The van der Waals surface area contributed by atoms with E-state index in [1.165, 1.54) is 0 Å². The summed E-state index contributed by atoms with van der Waals surface area (Å²) in [5.41, 5.74) is 2.47. The largest absolute Gasteiger partial charge is 0.340 e. The summed E-state index contributed by atoms with van der Waals surface area (Å²) < 4.78 is 0.916. The highest BCUT2D eigenvalue weighted by Crippen LogP contribution is 2.19. The summed E-state index contributed by atoms with van der Waals surface area (Å²) in [5, 5.41) is 0. The van der Waals surface area contributed by atoms with E-state index in [2.05, 4.69) is 40.8 Å². The third kappa shape index (κ3) is 1.51. The molecule has 0 amide bonds. The standard InChI is InChI=1S/C10H8BrN5/c1-5-12-4-8(14-5)10-15-7-2-6(11)3-13-9(7)16-10/h2-4H,1H3,(H,12,14)(H,13,15,16). The van der Waals surface area contributed by atoms with Crippen molar-refractivity contribution >= 4 is 27.1 Å². The highest BCUT2D eigenvalue weighted by Gasteiger charge is 2.08. The van der Waals surface area contributed by atoms with Crippen LogP contribution in [0.15, 0.2) is 22.9 Å². The molecule has 0 saturated heterocycles. The first kappa shape index (κ1) is 9.53. The number of nitrogens with zero attached hydrogens (tertiary/aromatic N) is 3. The maximum absolute atomic E-state index is 4.44. The predicted molar refractivity (Wildman–Crippen MR) is 63.9 cm³/mol. The van der Waals surface area contributed by atoms with Gasteiger partial charge in [0.05, 0.1) is 6.20 Å². The quantitative estimate of drug-likeness (QED) is 0.718. The molecule has 3 aromatic heterocycles. The number of hydrogen-bond acceptors (Lipinski definition) is 3. The minimum absolute atomic E-state index is 0.751. The Morgan fingerprint density at radius 1 is 1.19 bits per heavy atom. The van der Waals surface area contributed by atoms with Crippen LogP contribution in [0.3, 0.4) is 0 Å². The van der Waals surface area contributed by atoms with Crippen LogP contribution in [0.5, 0.6) is 0 Å². The van der Waals surface area contributed by atoms with Crippen molar-refractivity contribution in [1.82, 2.24) is 24.9 Å². The van der Waals surface area contributed by atoms with Crippen LogP contribution < -0.4 is 0 Å². The summed E-state index contributed by atoms with van der Waals surface area (Å²) in [7, 11) is 0. The number of pyridine rings is 1. The summed E-state index contributed by atoms with van der Waals surface area (Å²) in [6.45, 7) is 1.90. The Hall–Kier alpha value is -1.69. The van der Waals surface area contributed by atoms with Crippen molar-refractivity contribution < 1.29 is 0 Å². The Bertz CT molecular complexity index is 654. The van der Waals surface area contributed by atoms with Gasteiger partial charge in [0.1, 0.15) is 17.0 Å². The van der Waals surface area contributed by atoms with Crippen molar-refractivity contribution in [1.29, 1.82) is 0 Å². The zero-order chi connectivity index (χ0) is 11.1. The second kappa shape index (κ2) is 3.41. The van der Waals surface area contributed by atoms with E-state index in [0.29, 0.717) is 0 Å². The average molecular weight is 278 g/mol. The van der Waals surface area contributed by atoms with Gasteiger partial charge in [-0.1, -0.05) is 0 Å². The van der Waals surface area contributed by atoms with E-state index in [1.807, 2.05) is 13.0 Å². The van der Waals surface area contributed by atoms with Gasteiger partial charge in [0, 0.05) is 10.7 Å². The molecule has 0 radical (unpaired) electrons. The van der Waals surface area contributed by atoms with Gasteiger partial charge in [-0.25, -0.2) is 15.0 Å². The van der Waals surface area contributed by atoms with E-state index < -0.39 is 0 Å². The molecule has 0 saturated carbocycles.